The van der Waals surface area contributed by atoms with Crippen LogP contribution in [0.25, 0.3) is 0 Å². The molecular formula is C11H17F3N2O. The summed E-state index contributed by atoms with van der Waals surface area (Å²) in [7, 11) is 0. The van der Waals surface area contributed by atoms with Gasteiger partial charge in [-0.3, -0.25) is 0 Å². The van der Waals surface area contributed by atoms with E-state index in [1.54, 1.807) is 0 Å². The van der Waals surface area contributed by atoms with Crippen LogP contribution < -0.4 is 5.32 Å². The van der Waals surface area contributed by atoms with Crippen LogP contribution in [0.1, 0.15) is 31.7 Å². The Morgan fingerprint density at radius 3 is 2.71 bits per heavy atom. The van der Waals surface area contributed by atoms with Crippen molar-refractivity contribution in [1.82, 2.24) is 10.3 Å². The van der Waals surface area contributed by atoms with Gasteiger partial charge in [0.2, 0.25) is 0 Å². The monoisotopic (exact) mass is 250 g/mol. The molecule has 1 aromatic heterocycles. The maximum absolute atomic E-state index is 12.1. The summed E-state index contributed by atoms with van der Waals surface area (Å²) < 4.78 is 41.1. The summed E-state index contributed by atoms with van der Waals surface area (Å²) in [6.45, 7) is 5.36. The zero-order chi connectivity index (χ0) is 12.9. The Kier molecular flexibility index (Phi) is 4.99. The number of aryl methyl sites for hydroxylation is 1. The summed E-state index contributed by atoms with van der Waals surface area (Å²) in [6.07, 6.45) is -3.99. The van der Waals surface area contributed by atoms with Crippen molar-refractivity contribution in [2.24, 2.45) is 5.92 Å². The fourth-order valence-corrected chi connectivity index (χ4v) is 1.38. The van der Waals surface area contributed by atoms with Crippen LogP contribution >= 0.6 is 0 Å². The third-order valence-electron chi connectivity index (χ3n) is 2.21. The predicted octanol–water partition coefficient (Wildman–Crippen LogP) is 2.92. The number of hydrogen-bond donors (Lipinski definition) is 1. The SMILES string of the molecule is CC(C)CNCc1ncoc1CCC(F)(F)F. The summed E-state index contributed by atoms with van der Waals surface area (Å²) in [4.78, 5) is 3.92. The molecule has 0 radical (unpaired) electrons. The summed E-state index contributed by atoms with van der Waals surface area (Å²) in [5.41, 5.74) is 0.565. The molecule has 1 aromatic rings. The van der Waals surface area contributed by atoms with Gasteiger partial charge in [-0.2, -0.15) is 13.2 Å². The van der Waals surface area contributed by atoms with E-state index < -0.39 is 12.6 Å². The quantitative estimate of drug-likeness (QED) is 0.843. The van der Waals surface area contributed by atoms with Gasteiger partial charge in [-0.25, -0.2) is 4.98 Å². The van der Waals surface area contributed by atoms with Crippen LogP contribution in [-0.2, 0) is 13.0 Å². The second-order valence-electron chi connectivity index (χ2n) is 4.36. The van der Waals surface area contributed by atoms with Crippen LogP contribution in [0.2, 0.25) is 0 Å². The van der Waals surface area contributed by atoms with E-state index in [9.17, 15) is 13.2 Å². The molecule has 0 saturated carbocycles. The fourth-order valence-electron chi connectivity index (χ4n) is 1.38. The Labute approximate surface area is 98.4 Å². The minimum absolute atomic E-state index is 0.151. The topological polar surface area (TPSA) is 38.1 Å². The van der Waals surface area contributed by atoms with Crippen molar-refractivity contribution >= 4 is 0 Å². The molecule has 0 aromatic carbocycles. The molecule has 1 heterocycles. The molecule has 0 atom stereocenters. The second kappa shape index (κ2) is 6.05. The Morgan fingerprint density at radius 1 is 1.41 bits per heavy atom. The van der Waals surface area contributed by atoms with Gasteiger partial charge in [0.05, 0.1) is 12.1 Å². The molecule has 0 aliphatic heterocycles. The van der Waals surface area contributed by atoms with Crippen LogP contribution in [-0.4, -0.2) is 17.7 Å². The highest BCUT2D eigenvalue weighted by molar-refractivity contribution is 5.07. The summed E-state index contributed by atoms with van der Waals surface area (Å²) in [6, 6.07) is 0. The third kappa shape index (κ3) is 5.72. The smallest absolute Gasteiger partial charge is 0.389 e. The zero-order valence-electron chi connectivity index (χ0n) is 9.97. The van der Waals surface area contributed by atoms with Crippen LogP contribution in [0.15, 0.2) is 10.8 Å². The average Bonchev–Trinajstić information content (AvgIpc) is 2.61. The molecule has 0 fully saturated rings. The van der Waals surface area contributed by atoms with Gasteiger partial charge in [0.1, 0.15) is 5.76 Å². The van der Waals surface area contributed by atoms with E-state index in [4.69, 9.17) is 4.42 Å². The lowest BCUT2D eigenvalue weighted by molar-refractivity contribution is -0.134. The van der Waals surface area contributed by atoms with Gasteiger partial charge in [-0.05, 0) is 12.5 Å². The van der Waals surface area contributed by atoms with E-state index in [0.29, 0.717) is 23.9 Å². The van der Waals surface area contributed by atoms with Crippen molar-refractivity contribution in [3.05, 3.63) is 17.8 Å². The van der Waals surface area contributed by atoms with Crippen molar-refractivity contribution in [1.29, 1.82) is 0 Å². The number of alkyl halides is 3. The lowest BCUT2D eigenvalue weighted by atomic mass is 10.2. The second-order valence-corrected chi connectivity index (χ2v) is 4.36. The summed E-state index contributed by atoms with van der Waals surface area (Å²) >= 11 is 0. The molecule has 0 unspecified atom stereocenters. The molecule has 0 aliphatic rings. The van der Waals surface area contributed by atoms with E-state index in [1.165, 1.54) is 6.39 Å². The van der Waals surface area contributed by atoms with Gasteiger partial charge in [0, 0.05) is 13.0 Å². The zero-order valence-corrected chi connectivity index (χ0v) is 9.97. The van der Waals surface area contributed by atoms with Crippen LogP contribution in [0.5, 0.6) is 0 Å². The van der Waals surface area contributed by atoms with Crippen molar-refractivity contribution in [3.8, 4) is 0 Å². The third-order valence-corrected chi connectivity index (χ3v) is 2.21. The number of nitrogens with zero attached hydrogens (tertiary/aromatic N) is 1. The number of hydrogen-bond acceptors (Lipinski definition) is 3. The molecule has 3 nitrogen and oxygen atoms in total. The molecule has 1 N–H and O–H groups in total. The fraction of sp³-hybridized carbons (Fsp3) is 0.727. The summed E-state index contributed by atoms with van der Waals surface area (Å²) in [5.74, 6) is 0.805. The van der Waals surface area contributed by atoms with Gasteiger partial charge in [-0.1, -0.05) is 13.8 Å². The van der Waals surface area contributed by atoms with Crippen LogP contribution in [0.4, 0.5) is 13.2 Å². The predicted molar refractivity (Wildman–Crippen MR) is 57.4 cm³/mol. The Balaban J connectivity index is 2.43. The first-order valence-corrected chi connectivity index (χ1v) is 5.57. The number of oxazole rings is 1. The minimum atomic E-state index is -4.16. The number of aromatic nitrogens is 1. The molecular weight excluding hydrogens is 233 g/mol. The van der Waals surface area contributed by atoms with E-state index in [-0.39, 0.29) is 6.42 Å². The van der Waals surface area contributed by atoms with Crippen molar-refractivity contribution in [2.75, 3.05) is 6.54 Å². The lowest BCUT2D eigenvalue weighted by Gasteiger charge is -2.07. The van der Waals surface area contributed by atoms with Gasteiger partial charge in [0.25, 0.3) is 0 Å². The van der Waals surface area contributed by atoms with Crippen LogP contribution in [0, 0.1) is 5.92 Å². The van der Waals surface area contributed by atoms with Crippen molar-refractivity contribution in [2.45, 2.75) is 39.4 Å². The molecule has 98 valence electrons. The highest BCUT2D eigenvalue weighted by Gasteiger charge is 2.27. The lowest BCUT2D eigenvalue weighted by Crippen LogP contribution is -2.20. The van der Waals surface area contributed by atoms with E-state index in [0.717, 1.165) is 6.54 Å². The number of halogens is 3. The van der Waals surface area contributed by atoms with Crippen molar-refractivity contribution in [3.63, 3.8) is 0 Å². The molecule has 0 saturated heterocycles. The van der Waals surface area contributed by atoms with E-state index in [2.05, 4.69) is 24.1 Å². The van der Waals surface area contributed by atoms with Gasteiger partial charge >= 0.3 is 6.18 Å². The minimum Gasteiger partial charge on any atom is -0.448 e. The maximum atomic E-state index is 12.1. The summed E-state index contributed by atoms with van der Waals surface area (Å²) in [5, 5.41) is 3.12. The molecule has 0 amide bonds. The normalized spacial score (nSPS) is 12.4. The first-order valence-electron chi connectivity index (χ1n) is 5.57. The number of rotatable bonds is 6. The average molecular weight is 250 g/mol. The van der Waals surface area contributed by atoms with Crippen molar-refractivity contribution < 1.29 is 17.6 Å². The Morgan fingerprint density at radius 2 is 2.12 bits per heavy atom. The van der Waals surface area contributed by atoms with Gasteiger partial charge < -0.3 is 9.73 Å². The largest absolute Gasteiger partial charge is 0.448 e. The molecule has 1 rings (SSSR count). The molecule has 0 bridgehead atoms. The van der Waals surface area contributed by atoms with E-state index >= 15 is 0 Å². The highest BCUT2D eigenvalue weighted by atomic mass is 19.4. The molecule has 17 heavy (non-hydrogen) atoms. The Bertz CT molecular complexity index is 334. The molecule has 0 spiro atoms. The molecule has 6 heteroatoms. The Hall–Kier alpha value is -1.04. The first-order chi connectivity index (χ1) is 7.88. The van der Waals surface area contributed by atoms with Crippen LogP contribution in [0.3, 0.4) is 0 Å². The number of nitrogens with one attached hydrogen (secondary N) is 1. The van der Waals surface area contributed by atoms with E-state index in [1.807, 2.05) is 0 Å². The maximum Gasteiger partial charge on any atom is 0.389 e. The highest BCUT2D eigenvalue weighted by Crippen LogP contribution is 2.23. The standard InChI is InChI=1S/C11H17F3N2O/c1-8(2)5-15-6-9-10(17-7-16-9)3-4-11(12,13)14/h7-8,15H,3-6H2,1-2H3. The first kappa shape index (κ1) is 14.0. The van der Waals surface area contributed by atoms with Gasteiger partial charge in [-0.15, -0.1) is 0 Å². The molecule has 0 aliphatic carbocycles. The van der Waals surface area contributed by atoms with Gasteiger partial charge in [0.15, 0.2) is 6.39 Å².